The van der Waals surface area contributed by atoms with Crippen LogP contribution in [-0.4, -0.2) is 33.6 Å². The van der Waals surface area contributed by atoms with E-state index in [0.29, 0.717) is 45.9 Å². The van der Waals surface area contributed by atoms with Crippen LogP contribution >= 0.6 is 23.1 Å². The summed E-state index contributed by atoms with van der Waals surface area (Å²) in [5.41, 5.74) is 2.70. The number of aliphatic hydroxyl groups excluding tert-OH is 1. The molecule has 1 unspecified atom stereocenters. The predicted octanol–water partition coefficient (Wildman–Crippen LogP) is 7.57. The van der Waals surface area contributed by atoms with E-state index in [1.165, 1.54) is 28.8 Å². The van der Waals surface area contributed by atoms with Gasteiger partial charge in [-0.05, 0) is 72.1 Å². The molecule has 11 heteroatoms. The Hall–Kier alpha value is -5.00. The van der Waals surface area contributed by atoms with E-state index in [1.54, 1.807) is 60.7 Å². The molecule has 1 aromatic heterocycles. The first-order chi connectivity index (χ1) is 22.4. The monoisotopic (exact) mass is 653 g/mol. The number of hydrogen-bond donors (Lipinski definition) is 1. The van der Waals surface area contributed by atoms with Crippen molar-refractivity contribution in [3.8, 4) is 11.5 Å². The average molecular weight is 654 g/mol. The third-order valence-corrected chi connectivity index (χ3v) is 9.31. The third-order valence-electron chi connectivity index (χ3n) is 7.18. The minimum Gasteiger partial charge on any atom is -0.507 e. The highest BCUT2D eigenvalue weighted by molar-refractivity contribution is 8.00. The number of nitrogens with zero attached hydrogens (tertiary/aromatic N) is 3. The van der Waals surface area contributed by atoms with Gasteiger partial charge in [0.25, 0.3) is 5.78 Å². The first-order valence-corrected chi connectivity index (χ1v) is 16.2. The van der Waals surface area contributed by atoms with E-state index in [9.17, 15) is 19.1 Å². The highest BCUT2D eigenvalue weighted by Gasteiger charge is 2.48. The van der Waals surface area contributed by atoms with Crippen LogP contribution in [0.15, 0.2) is 113 Å². The number of Topliss-reactive ketones (excluding diaryl/α,β-unsaturated/α-hetero) is 1. The zero-order valence-electron chi connectivity index (χ0n) is 24.6. The lowest BCUT2D eigenvalue weighted by Crippen LogP contribution is -2.29. The Balaban J connectivity index is 1.36. The molecule has 2 heterocycles. The van der Waals surface area contributed by atoms with E-state index in [1.807, 2.05) is 37.3 Å². The Labute approximate surface area is 273 Å². The number of rotatable bonds is 11. The number of ether oxygens (including phenoxy) is 2. The van der Waals surface area contributed by atoms with Crippen LogP contribution in [0.3, 0.4) is 0 Å². The van der Waals surface area contributed by atoms with Crippen molar-refractivity contribution in [2.45, 2.75) is 29.7 Å². The number of aliphatic hydroxyl groups is 1. The lowest BCUT2D eigenvalue weighted by molar-refractivity contribution is -0.132. The van der Waals surface area contributed by atoms with Crippen molar-refractivity contribution in [2.24, 2.45) is 0 Å². The number of anilines is 1. The number of thioether (sulfide) groups is 1. The van der Waals surface area contributed by atoms with Crippen molar-refractivity contribution in [2.75, 3.05) is 11.5 Å². The summed E-state index contributed by atoms with van der Waals surface area (Å²) in [5.74, 6) is -0.667. The Kier molecular flexibility index (Phi) is 9.41. The second kappa shape index (κ2) is 14.0. The number of amides is 1. The molecule has 0 saturated carbocycles. The van der Waals surface area contributed by atoms with E-state index in [2.05, 4.69) is 10.2 Å². The topological polar surface area (TPSA) is 102 Å². The van der Waals surface area contributed by atoms with Crippen molar-refractivity contribution < 1.29 is 28.6 Å². The molecule has 6 rings (SSSR count). The standard InChI is InChI=1S/C35H28FN3O5S2/c1-2-43-27-17-13-24(14-18-27)31(40)29-30(25-9-6-10-28(19-25)44-20-22-7-4-3-5-8-22)39(33(42)32(29)41)34-37-38-35(46-34)45-21-23-11-15-26(36)16-12-23/h3-19,30,40H,2,20-21H2,1H3. The molecule has 0 aliphatic carbocycles. The second-order valence-corrected chi connectivity index (χ2v) is 12.4. The van der Waals surface area contributed by atoms with Crippen LogP contribution < -0.4 is 14.4 Å². The van der Waals surface area contributed by atoms with Gasteiger partial charge in [-0.2, -0.15) is 0 Å². The van der Waals surface area contributed by atoms with Gasteiger partial charge in [0.2, 0.25) is 5.13 Å². The maximum Gasteiger partial charge on any atom is 0.301 e. The number of aromatic nitrogens is 2. The molecular formula is C35H28FN3O5S2. The molecule has 1 aliphatic rings. The summed E-state index contributed by atoms with van der Waals surface area (Å²) in [4.78, 5) is 28.6. The van der Waals surface area contributed by atoms with Gasteiger partial charge < -0.3 is 14.6 Å². The van der Waals surface area contributed by atoms with Gasteiger partial charge in [0.05, 0.1) is 18.2 Å². The van der Waals surface area contributed by atoms with Crippen LogP contribution in [0.4, 0.5) is 9.52 Å². The van der Waals surface area contributed by atoms with Gasteiger partial charge in [0.1, 0.15) is 29.7 Å². The Morgan fingerprint density at radius 1 is 0.891 bits per heavy atom. The highest BCUT2D eigenvalue weighted by atomic mass is 32.2. The van der Waals surface area contributed by atoms with Gasteiger partial charge in [0, 0.05) is 11.3 Å². The molecule has 1 saturated heterocycles. The smallest absolute Gasteiger partial charge is 0.301 e. The van der Waals surface area contributed by atoms with E-state index < -0.39 is 17.7 Å². The fraction of sp³-hybridized carbons (Fsp3) is 0.143. The summed E-state index contributed by atoms with van der Waals surface area (Å²) in [7, 11) is 0. The highest BCUT2D eigenvalue weighted by Crippen LogP contribution is 2.44. The lowest BCUT2D eigenvalue weighted by atomic mass is 9.95. The van der Waals surface area contributed by atoms with Crippen molar-refractivity contribution in [1.82, 2.24) is 10.2 Å². The second-order valence-electron chi connectivity index (χ2n) is 10.2. The molecule has 1 atom stereocenters. The zero-order valence-corrected chi connectivity index (χ0v) is 26.3. The average Bonchev–Trinajstić information content (AvgIpc) is 3.66. The Bertz CT molecular complexity index is 1880. The number of carbonyl (C=O) groups is 2. The molecule has 1 aliphatic heterocycles. The fourth-order valence-electron chi connectivity index (χ4n) is 4.98. The van der Waals surface area contributed by atoms with Crippen molar-refractivity contribution in [1.29, 1.82) is 0 Å². The molecule has 0 spiro atoms. The molecule has 4 aromatic carbocycles. The van der Waals surface area contributed by atoms with Crippen LogP contribution in [0.5, 0.6) is 11.5 Å². The lowest BCUT2D eigenvalue weighted by Gasteiger charge is -2.23. The molecule has 8 nitrogen and oxygen atoms in total. The molecule has 5 aromatic rings. The van der Waals surface area contributed by atoms with Crippen LogP contribution in [-0.2, 0) is 21.9 Å². The molecule has 0 bridgehead atoms. The van der Waals surface area contributed by atoms with Gasteiger partial charge >= 0.3 is 5.91 Å². The first kappa shape index (κ1) is 31.0. The zero-order chi connectivity index (χ0) is 32.0. The number of hydrogen-bond acceptors (Lipinski definition) is 9. The van der Waals surface area contributed by atoms with Crippen LogP contribution in [0.2, 0.25) is 0 Å². The van der Waals surface area contributed by atoms with Crippen LogP contribution in [0.1, 0.15) is 35.2 Å². The molecule has 0 radical (unpaired) electrons. The summed E-state index contributed by atoms with van der Waals surface area (Å²) in [6.45, 7) is 2.67. The fourth-order valence-corrected chi connectivity index (χ4v) is 6.80. The van der Waals surface area contributed by atoms with Gasteiger partial charge in [-0.25, -0.2) is 4.39 Å². The largest absolute Gasteiger partial charge is 0.507 e. The van der Waals surface area contributed by atoms with Crippen molar-refractivity contribution >= 4 is 45.7 Å². The van der Waals surface area contributed by atoms with Gasteiger partial charge in [-0.1, -0.05) is 77.7 Å². The van der Waals surface area contributed by atoms with Gasteiger partial charge in [-0.3, -0.25) is 14.5 Å². The number of halogens is 1. The molecule has 46 heavy (non-hydrogen) atoms. The number of ketones is 1. The van der Waals surface area contributed by atoms with Gasteiger partial charge in [-0.15, -0.1) is 10.2 Å². The predicted molar refractivity (Wildman–Crippen MR) is 175 cm³/mol. The Morgan fingerprint density at radius 2 is 1.65 bits per heavy atom. The Morgan fingerprint density at radius 3 is 2.39 bits per heavy atom. The molecule has 1 fully saturated rings. The SMILES string of the molecule is CCOc1ccc(C(O)=C2C(=O)C(=O)N(c3nnc(SCc4ccc(F)cc4)s3)C2c2cccc(OCc3ccccc3)c2)cc1. The van der Waals surface area contributed by atoms with Crippen LogP contribution in [0, 0.1) is 5.82 Å². The van der Waals surface area contributed by atoms with Crippen LogP contribution in [0.25, 0.3) is 5.76 Å². The summed E-state index contributed by atoms with van der Waals surface area (Å²) >= 11 is 2.53. The maximum absolute atomic E-state index is 13.7. The minimum atomic E-state index is -1.00. The van der Waals surface area contributed by atoms with E-state index in [0.717, 1.165) is 22.5 Å². The normalized spacial score (nSPS) is 15.7. The number of carbonyl (C=O) groups excluding carboxylic acids is 2. The maximum atomic E-state index is 13.7. The molecule has 1 amide bonds. The van der Waals surface area contributed by atoms with E-state index in [4.69, 9.17) is 9.47 Å². The third kappa shape index (κ3) is 6.80. The summed E-state index contributed by atoms with van der Waals surface area (Å²) in [6, 6.07) is 28.6. The summed E-state index contributed by atoms with van der Waals surface area (Å²) in [6.07, 6.45) is 0. The summed E-state index contributed by atoms with van der Waals surface area (Å²) < 4.78 is 25.5. The van der Waals surface area contributed by atoms with Crippen molar-refractivity contribution in [3.05, 3.63) is 137 Å². The van der Waals surface area contributed by atoms with E-state index in [-0.39, 0.29) is 22.3 Å². The quantitative estimate of drug-likeness (QED) is 0.0512. The minimum absolute atomic E-state index is 0.0786. The van der Waals surface area contributed by atoms with Gasteiger partial charge in [0.15, 0.2) is 4.34 Å². The summed E-state index contributed by atoms with van der Waals surface area (Å²) in [5, 5.41) is 20.3. The molecule has 1 N–H and O–H groups in total. The number of benzene rings is 4. The first-order valence-electron chi connectivity index (χ1n) is 14.4. The molecular weight excluding hydrogens is 626 g/mol. The van der Waals surface area contributed by atoms with E-state index >= 15 is 0 Å². The molecule has 232 valence electrons. The van der Waals surface area contributed by atoms with Crippen molar-refractivity contribution in [3.63, 3.8) is 0 Å².